The molecule has 4 nitrogen and oxygen atoms in total. The summed E-state index contributed by atoms with van der Waals surface area (Å²) < 4.78 is 5.26. The summed E-state index contributed by atoms with van der Waals surface area (Å²) in [5.74, 6) is 0. The molecular weight excluding hydrogens is 300 g/mol. The van der Waals surface area contributed by atoms with Crippen molar-refractivity contribution in [3.8, 4) is 0 Å². The van der Waals surface area contributed by atoms with E-state index in [1.54, 1.807) is 7.11 Å². The highest BCUT2D eigenvalue weighted by Gasteiger charge is 2.42. The maximum Gasteiger partial charge on any atom is 0.321 e. The first-order valence-electron chi connectivity index (χ1n) is 8.22. The summed E-state index contributed by atoms with van der Waals surface area (Å²) >= 11 is 0. The SMILES string of the molecule is COCc1c(C)cccc1NC(=O)N1CC(C)(c2ccccc2)C1. The van der Waals surface area contributed by atoms with Crippen LogP contribution in [0.25, 0.3) is 0 Å². The second-order valence-electron chi connectivity index (χ2n) is 6.75. The Balaban J connectivity index is 1.67. The first kappa shape index (κ1) is 16.5. The second-order valence-corrected chi connectivity index (χ2v) is 6.75. The van der Waals surface area contributed by atoms with Crippen molar-refractivity contribution in [3.63, 3.8) is 0 Å². The van der Waals surface area contributed by atoms with E-state index in [2.05, 4.69) is 24.4 Å². The van der Waals surface area contributed by atoms with Crippen molar-refractivity contribution in [2.45, 2.75) is 25.9 Å². The van der Waals surface area contributed by atoms with Crippen molar-refractivity contribution in [3.05, 3.63) is 65.2 Å². The molecule has 0 aromatic heterocycles. The molecule has 2 amide bonds. The number of methoxy groups -OCH3 is 1. The Bertz CT molecular complexity index is 722. The minimum Gasteiger partial charge on any atom is -0.380 e. The Labute approximate surface area is 143 Å². The van der Waals surface area contributed by atoms with Gasteiger partial charge in [-0.05, 0) is 24.1 Å². The lowest BCUT2D eigenvalue weighted by atomic mass is 9.76. The van der Waals surface area contributed by atoms with Crippen molar-refractivity contribution >= 4 is 11.7 Å². The Morgan fingerprint density at radius 3 is 2.54 bits per heavy atom. The number of rotatable bonds is 4. The molecule has 0 bridgehead atoms. The van der Waals surface area contributed by atoms with E-state index in [0.717, 1.165) is 29.9 Å². The number of likely N-dealkylation sites (tertiary alicyclic amines) is 1. The van der Waals surface area contributed by atoms with Crippen molar-refractivity contribution < 1.29 is 9.53 Å². The number of carbonyl (C=O) groups excluding carboxylic acids is 1. The van der Waals surface area contributed by atoms with Crippen LogP contribution in [0.15, 0.2) is 48.5 Å². The molecule has 1 heterocycles. The van der Waals surface area contributed by atoms with Crippen LogP contribution in [0.3, 0.4) is 0 Å². The van der Waals surface area contributed by atoms with Crippen LogP contribution in [0.1, 0.15) is 23.6 Å². The Morgan fingerprint density at radius 1 is 1.17 bits per heavy atom. The van der Waals surface area contributed by atoms with Gasteiger partial charge in [-0.2, -0.15) is 0 Å². The number of benzene rings is 2. The number of anilines is 1. The summed E-state index contributed by atoms with van der Waals surface area (Å²) in [4.78, 5) is 14.4. The number of amides is 2. The van der Waals surface area contributed by atoms with Gasteiger partial charge in [0.2, 0.25) is 0 Å². The quantitative estimate of drug-likeness (QED) is 0.925. The van der Waals surface area contributed by atoms with Gasteiger partial charge < -0.3 is 15.0 Å². The molecule has 0 spiro atoms. The highest BCUT2D eigenvalue weighted by Crippen LogP contribution is 2.34. The summed E-state index contributed by atoms with van der Waals surface area (Å²) in [7, 11) is 1.67. The molecule has 24 heavy (non-hydrogen) atoms. The Hall–Kier alpha value is -2.33. The summed E-state index contributed by atoms with van der Waals surface area (Å²) in [6, 6.07) is 16.2. The third-order valence-electron chi connectivity index (χ3n) is 4.78. The van der Waals surface area contributed by atoms with E-state index in [-0.39, 0.29) is 11.4 Å². The summed E-state index contributed by atoms with van der Waals surface area (Å²) in [6.07, 6.45) is 0. The summed E-state index contributed by atoms with van der Waals surface area (Å²) in [6.45, 7) is 6.18. The molecule has 1 aliphatic heterocycles. The number of carbonyl (C=O) groups is 1. The third kappa shape index (κ3) is 3.15. The molecule has 1 N–H and O–H groups in total. The number of nitrogens with one attached hydrogen (secondary N) is 1. The number of aryl methyl sites for hydroxylation is 1. The van der Waals surface area contributed by atoms with Crippen LogP contribution in [0, 0.1) is 6.92 Å². The van der Waals surface area contributed by atoms with Gasteiger partial charge in [0, 0.05) is 36.9 Å². The number of nitrogens with zero attached hydrogens (tertiary/aromatic N) is 1. The van der Waals surface area contributed by atoms with E-state index >= 15 is 0 Å². The van der Waals surface area contributed by atoms with Gasteiger partial charge >= 0.3 is 6.03 Å². The van der Waals surface area contributed by atoms with Crippen molar-refractivity contribution in [1.82, 2.24) is 4.90 Å². The Kier molecular flexibility index (Phi) is 4.58. The minimum atomic E-state index is -0.0497. The van der Waals surface area contributed by atoms with Crippen LogP contribution >= 0.6 is 0 Å². The molecule has 126 valence electrons. The fourth-order valence-electron chi connectivity index (χ4n) is 3.31. The zero-order valence-electron chi connectivity index (χ0n) is 14.5. The molecule has 0 aliphatic carbocycles. The van der Waals surface area contributed by atoms with Crippen LogP contribution in [-0.4, -0.2) is 31.1 Å². The molecule has 2 aromatic carbocycles. The van der Waals surface area contributed by atoms with E-state index in [9.17, 15) is 4.79 Å². The van der Waals surface area contributed by atoms with Crippen molar-refractivity contribution in [1.29, 1.82) is 0 Å². The standard InChI is InChI=1S/C20H24N2O2/c1-15-8-7-11-18(17(15)12-24-3)21-19(23)22-13-20(2,14-22)16-9-5-4-6-10-16/h4-11H,12-14H2,1-3H3,(H,21,23). The fourth-order valence-corrected chi connectivity index (χ4v) is 3.31. The molecule has 0 saturated carbocycles. The molecule has 4 heteroatoms. The van der Waals surface area contributed by atoms with Crippen LogP contribution in [0.5, 0.6) is 0 Å². The van der Waals surface area contributed by atoms with Crippen LogP contribution in [0.4, 0.5) is 10.5 Å². The first-order chi connectivity index (χ1) is 11.5. The van der Waals surface area contributed by atoms with E-state index in [1.165, 1.54) is 5.56 Å². The molecule has 0 unspecified atom stereocenters. The summed E-state index contributed by atoms with van der Waals surface area (Å²) in [5.41, 5.74) is 4.30. The topological polar surface area (TPSA) is 41.6 Å². The largest absolute Gasteiger partial charge is 0.380 e. The highest BCUT2D eigenvalue weighted by atomic mass is 16.5. The predicted octanol–water partition coefficient (Wildman–Crippen LogP) is 3.95. The van der Waals surface area contributed by atoms with Gasteiger partial charge in [0.1, 0.15) is 0 Å². The molecule has 1 aliphatic rings. The lowest BCUT2D eigenvalue weighted by molar-refractivity contribution is 0.112. The monoisotopic (exact) mass is 324 g/mol. The molecule has 1 saturated heterocycles. The van der Waals surface area contributed by atoms with Crippen molar-refractivity contribution in [2.24, 2.45) is 0 Å². The zero-order valence-corrected chi connectivity index (χ0v) is 14.5. The van der Waals surface area contributed by atoms with Gasteiger partial charge in [0.15, 0.2) is 0 Å². The lowest BCUT2D eigenvalue weighted by Gasteiger charge is -2.48. The predicted molar refractivity (Wildman–Crippen MR) is 96.3 cm³/mol. The lowest BCUT2D eigenvalue weighted by Crippen LogP contribution is -2.60. The maximum atomic E-state index is 12.6. The number of urea groups is 1. The maximum absolute atomic E-state index is 12.6. The third-order valence-corrected chi connectivity index (χ3v) is 4.78. The van der Waals surface area contributed by atoms with Gasteiger partial charge in [-0.1, -0.05) is 49.4 Å². The van der Waals surface area contributed by atoms with E-state index in [0.29, 0.717) is 6.61 Å². The average Bonchev–Trinajstić information content (AvgIpc) is 2.56. The van der Waals surface area contributed by atoms with Crippen molar-refractivity contribution in [2.75, 3.05) is 25.5 Å². The highest BCUT2D eigenvalue weighted by molar-refractivity contribution is 5.91. The fraction of sp³-hybridized carbons (Fsp3) is 0.350. The van der Waals surface area contributed by atoms with Gasteiger partial charge in [0.05, 0.1) is 6.61 Å². The molecule has 1 fully saturated rings. The minimum absolute atomic E-state index is 0.0422. The van der Waals surface area contributed by atoms with Gasteiger partial charge in [0.25, 0.3) is 0 Å². The van der Waals surface area contributed by atoms with Crippen LogP contribution in [-0.2, 0) is 16.8 Å². The molecule has 2 aromatic rings. The van der Waals surface area contributed by atoms with E-state index in [1.807, 2.05) is 48.2 Å². The number of hydrogen-bond donors (Lipinski definition) is 1. The van der Waals surface area contributed by atoms with Gasteiger partial charge in [-0.3, -0.25) is 0 Å². The zero-order chi connectivity index (χ0) is 17.2. The number of ether oxygens (including phenoxy) is 1. The Morgan fingerprint density at radius 2 is 1.88 bits per heavy atom. The second kappa shape index (κ2) is 6.65. The smallest absolute Gasteiger partial charge is 0.321 e. The average molecular weight is 324 g/mol. The van der Waals surface area contributed by atoms with E-state index in [4.69, 9.17) is 4.74 Å². The van der Waals surface area contributed by atoms with E-state index < -0.39 is 0 Å². The van der Waals surface area contributed by atoms with Crippen LogP contribution in [0.2, 0.25) is 0 Å². The summed E-state index contributed by atoms with van der Waals surface area (Å²) in [5, 5.41) is 3.03. The number of hydrogen-bond acceptors (Lipinski definition) is 2. The molecule has 3 rings (SSSR count). The van der Waals surface area contributed by atoms with Crippen LogP contribution < -0.4 is 5.32 Å². The molecule has 0 atom stereocenters. The van der Waals surface area contributed by atoms with Gasteiger partial charge in [-0.25, -0.2) is 4.79 Å². The molecule has 0 radical (unpaired) electrons. The van der Waals surface area contributed by atoms with Gasteiger partial charge in [-0.15, -0.1) is 0 Å². The normalized spacial score (nSPS) is 15.7. The molecular formula is C20H24N2O2. The first-order valence-corrected chi connectivity index (χ1v) is 8.22.